The molecule has 0 atom stereocenters. The highest BCUT2D eigenvalue weighted by Crippen LogP contribution is 2.15. The van der Waals surface area contributed by atoms with E-state index in [0.717, 1.165) is 0 Å². The molecule has 62 valence electrons. The summed E-state index contributed by atoms with van der Waals surface area (Å²) in [4.78, 5) is 7.96. The Morgan fingerprint density at radius 2 is 2.25 bits per heavy atom. The Morgan fingerprint density at radius 1 is 1.42 bits per heavy atom. The first-order valence-electron chi connectivity index (χ1n) is 3.44. The van der Waals surface area contributed by atoms with E-state index in [2.05, 4.69) is 9.97 Å². The molecule has 12 heavy (non-hydrogen) atoms. The molecule has 2 aromatic rings. The molecular formula is C7H8N4O. The van der Waals surface area contributed by atoms with Gasteiger partial charge in [0.15, 0.2) is 5.65 Å². The van der Waals surface area contributed by atoms with Crippen molar-refractivity contribution >= 4 is 11.5 Å². The van der Waals surface area contributed by atoms with Crippen molar-refractivity contribution in [1.29, 1.82) is 0 Å². The van der Waals surface area contributed by atoms with Gasteiger partial charge in [0.1, 0.15) is 5.82 Å². The van der Waals surface area contributed by atoms with Crippen molar-refractivity contribution in [2.45, 2.75) is 0 Å². The molecule has 0 radical (unpaired) electrons. The molecular weight excluding hydrogens is 156 g/mol. The van der Waals surface area contributed by atoms with Crippen LogP contribution >= 0.6 is 0 Å². The van der Waals surface area contributed by atoms with Crippen LogP contribution in [0, 0.1) is 0 Å². The number of nitrogens with two attached hydrogens (primary N) is 1. The molecule has 0 unspecified atom stereocenters. The highest BCUT2D eigenvalue weighted by molar-refractivity contribution is 5.48. The van der Waals surface area contributed by atoms with Gasteiger partial charge in [-0.05, 0) is 0 Å². The zero-order chi connectivity index (χ0) is 8.55. The van der Waals surface area contributed by atoms with Gasteiger partial charge in [-0.1, -0.05) is 0 Å². The second-order valence-electron chi connectivity index (χ2n) is 2.33. The Morgan fingerprint density at radius 3 is 3.00 bits per heavy atom. The summed E-state index contributed by atoms with van der Waals surface area (Å²) in [5.74, 6) is 1.13. The first kappa shape index (κ1) is 6.90. The first-order valence-corrected chi connectivity index (χ1v) is 3.44. The average molecular weight is 164 g/mol. The summed E-state index contributed by atoms with van der Waals surface area (Å²) in [6, 6.07) is 0. The van der Waals surface area contributed by atoms with Crippen molar-refractivity contribution in [3.63, 3.8) is 0 Å². The Labute approximate surface area is 68.8 Å². The summed E-state index contributed by atoms with van der Waals surface area (Å²) < 4.78 is 6.73. The molecule has 0 aromatic carbocycles. The lowest BCUT2D eigenvalue weighted by Gasteiger charge is -2.02. The quantitative estimate of drug-likeness (QED) is 0.659. The van der Waals surface area contributed by atoms with E-state index in [9.17, 15) is 0 Å². The molecule has 0 bridgehead atoms. The monoisotopic (exact) mass is 164 g/mol. The number of anilines is 1. The maximum Gasteiger partial charge on any atom is 0.219 e. The lowest BCUT2D eigenvalue weighted by molar-refractivity contribution is 0.391. The summed E-state index contributed by atoms with van der Waals surface area (Å²) in [6.07, 6.45) is 4.78. The summed E-state index contributed by atoms with van der Waals surface area (Å²) in [7, 11) is 1.57. The van der Waals surface area contributed by atoms with Crippen molar-refractivity contribution in [2.75, 3.05) is 12.8 Å². The van der Waals surface area contributed by atoms with Crippen LogP contribution in [0.15, 0.2) is 18.6 Å². The number of hydrogen-bond acceptors (Lipinski definition) is 4. The van der Waals surface area contributed by atoms with Crippen LogP contribution in [0.25, 0.3) is 5.65 Å². The van der Waals surface area contributed by atoms with Gasteiger partial charge < -0.3 is 10.5 Å². The Kier molecular flexibility index (Phi) is 1.36. The molecule has 0 aliphatic carbocycles. The van der Waals surface area contributed by atoms with Crippen LogP contribution in [0.4, 0.5) is 5.82 Å². The molecule has 0 aliphatic rings. The van der Waals surface area contributed by atoms with Crippen LogP contribution < -0.4 is 10.5 Å². The third kappa shape index (κ3) is 0.795. The maximum atomic E-state index is 5.65. The number of imidazole rings is 1. The van der Waals surface area contributed by atoms with Crippen LogP contribution in [0.5, 0.6) is 5.88 Å². The topological polar surface area (TPSA) is 65.4 Å². The minimum Gasteiger partial charge on any atom is -0.481 e. The Bertz CT molecular complexity index is 409. The second-order valence-corrected chi connectivity index (χ2v) is 2.33. The minimum absolute atomic E-state index is 0.546. The van der Waals surface area contributed by atoms with Gasteiger partial charge in [0.25, 0.3) is 0 Å². The zero-order valence-corrected chi connectivity index (χ0v) is 6.56. The van der Waals surface area contributed by atoms with E-state index in [1.54, 1.807) is 30.1 Å². The molecule has 0 amide bonds. The highest BCUT2D eigenvalue weighted by Gasteiger charge is 2.04. The van der Waals surface area contributed by atoms with E-state index < -0.39 is 0 Å². The van der Waals surface area contributed by atoms with E-state index in [-0.39, 0.29) is 0 Å². The van der Waals surface area contributed by atoms with E-state index >= 15 is 0 Å². The molecule has 0 saturated heterocycles. The molecule has 0 spiro atoms. The fraction of sp³-hybridized carbons (Fsp3) is 0.143. The summed E-state index contributed by atoms with van der Waals surface area (Å²) >= 11 is 0. The lowest BCUT2D eigenvalue weighted by atomic mass is 10.6. The van der Waals surface area contributed by atoms with Crippen molar-refractivity contribution in [3.8, 4) is 5.88 Å². The standard InChI is InChI=1S/C7H8N4O/c1-12-7-4-9-3-6-10-2-5(8)11(6)7/h2-4H,8H2,1H3. The normalized spacial score (nSPS) is 10.4. The number of hydrogen-bond donors (Lipinski definition) is 1. The predicted octanol–water partition coefficient (Wildman–Crippen LogP) is 0.320. The van der Waals surface area contributed by atoms with Gasteiger partial charge in [-0.15, -0.1) is 0 Å². The van der Waals surface area contributed by atoms with Gasteiger partial charge in [-0.3, -0.25) is 4.98 Å². The molecule has 2 rings (SSSR count). The van der Waals surface area contributed by atoms with Crippen molar-refractivity contribution in [1.82, 2.24) is 14.4 Å². The fourth-order valence-corrected chi connectivity index (χ4v) is 1.08. The number of nitrogen functional groups attached to an aromatic ring is 1. The van der Waals surface area contributed by atoms with Crippen LogP contribution in [-0.2, 0) is 0 Å². The molecule has 0 saturated carbocycles. The van der Waals surface area contributed by atoms with E-state index in [1.807, 2.05) is 0 Å². The summed E-state index contributed by atoms with van der Waals surface area (Å²) in [5.41, 5.74) is 6.33. The SMILES string of the molecule is COc1cncc2ncc(N)n12. The van der Waals surface area contributed by atoms with Crippen LogP contribution in [-0.4, -0.2) is 21.5 Å². The molecule has 0 aliphatic heterocycles. The van der Waals surface area contributed by atoms with Gasteiger partial charge in [0.2, 0.25) is 5.88 Å². The second kappa shape index (κ2) is 2.37. The van der Waals surface area contributed by atoms with Crippen LogP contribution in [0.2, 0.25) is 0 Å². The maximum absolute atomic E-state index is 5.65. The Balaban J connectivity index is 2.84. The lowest BCUT2D eigenvalue weighted by Crippen LogP contribution is -1.98. The van der Waals surface area contributed by atoms with Crippen molar-refractivity contribution in [2.24, 2.45) is 0 Å². The Hall–Kier alpha value is -1.78. The molecule has 0 fully saturated rings. The fourth-order valence-electron chi connectivity index (χ4n) is 1.08. The van der Waals surface area contributed by atoms with Crippen molar-refractivity contribution in [3.05, 3.63) is 18.6 Å². The number of methoxy groups -OCH3 is 1. The van der Waals surface area contributed by atoms with Gasteiger partial charge in [0, 0.05) is 0 Å². The van der Waals surface area contributed by atoms with Gasteiger partial charge in [-0.25, -0.2) is 9.38 Å². The summed E-state index contributed by atoms with van der Waals surface area (Å²) in [6.45, 7) is 0. The molecule has 2 heterocycles. The van der Waals surface area contributed by atoms with E-state index in [4.69, 9.17) is 10.5 Å². The highest BCUT2D eigenvalue weighted by atomic mass is 16.5. The third-order valence-electron chi connectivity index (χ3n) is 1.62. The van der Waals surface area contributed by atoms with E-state index in [0.29, 0.717) is 17.3 Å². The average Bonchev–Trinajstić information content (AvgIpc) is 2.48. The number of rotatable bonds is 1. The van der Waals surface area contributed by atoms with E-state index in [1.165, 1.54) is 0 Å². The largest absolute Gasteiger partial charge is 0.481 e. The number of fused-ring (bicyclic) bond motifs is 1. The molecule has 5 nitrogen and oxygen atoms in total. The van der Waals surface area contributed by atoms with Crippen LogP contribution in [0.1, 0.15) is 0 Å². The first-order chi connectivity index (χ1) is 5.83. The molecule has 5 heteroatoms. The number of ether oxygens (including phenoxy) is 1. The molecule has 2 N–H and O–H groups in total. The third-order valence-corrected chi connectivity index (χ3v) is 1.62. The van der Waals surface area contributed by atoms with Crippen LogP contribution in [0.3, 0.4) is 0 Å². The summed E-state index contributed by atoms with van der Waals surface area (Å²) in [5, 5.41) is 0. The minimum atomic E-state index is 0.546. The van der Waals surface area contributed by atoms with Gasteiger partial charge in [-0.2, -0.15) is 0 Å². The number of aromatic nitrogens is 3. The van der Waals surface area contributed by atoms with Gasteiger partial charge >= 0.3 is 0 Å². The number of nitrogens with zero attached hydrogens (tertiary/aromatic N) is 3. The van der Waals surface area contributed by atoms with Gasteiger partial charge in [0.05, 0.1) is 25.7 Å². The predicted molar refractivity (Wildman–Crippen MR) is 44.0 cm³/mol. The van der Waals surface area contributed by atoms with Crippen molar-refractivity contribution < 1.29 is 4.74 Å². The smallest absolute Gasteiger partial charge is 0.219 e. The zero-order valence-electron chi connectivity index (χ0n) is 6.56. The molecule has 2 aromatic heterocycles.